The summed E-state index contributed by atoms with van der Waals surface area (Å²) in [5.74, 6) is -0.912. The van der Waals surface area contributed by atoms with Crippen molar-refractivity contribution in [3.05, 3.63) is 47.3 Å². The van der Waals surface area contributed by atoms with E-state index in [1.165, 1.54) is 0 Å². The van der Waals surface area contributed by atoms with Crippen LogP contribution in [0, 0.1) is 13.8 Å². The second-order valence-corrected chi connectivity index (χ2v) is 5.27. The van der Waals surface area contributed by atoms with Crippen LogP contribution in [0.3, 0.4) is 0 Å². The summed E-state index contributed by atoms with van der Waals surface area (Å²) in [6.07, 6.45) is 0. The normalized spacial score (nSPS) is 14.1. The minimum atomic E-state index is -0.636. The van der Waals surface area contributed by atoms with Crippen molar-refractivity contribution in [2.24, 2.45) is 0 Å². The van der Waals surface area contributed by atoms with Crippen molar-refractivity contribution in [2.75, 3.05) is 6.54 Å². The van der Waals surface area contributed by atoms with Crippen LogP contribution in [0.15, 0.2) is 30.3 Å². The summed E-state index contributed by atoms with van der Waals surface area (Å²) in [7, 11) is 0. The Morgan fingerprint density at radius 3 is 2.43 bits per heavy atom. The zero-order chi connectivity index (χ0) is 16.6. The van der Waals surface area contributed by atoms with Crippen LogP contribution in [0.1, 0.15) is 21.7 Å². The van der Waals surface area contributed by atoms with Crippen LogP contribution in [0.4, 0.5) is 4.79 Å². The summed E-state index contributed by atoms with van der Waals surface area (Å²) in [6.45, 7) is 3.67. The first-order valence-electron chi connectivity index (χ1n) is 7.00. The van der Waals surface area contributed by atoms with E-state index in [9.17, 15) is 14.4 Å². The molecule has 0 atom stereocenters. The average molecular weight is 313 g/mol. The fourth-order valence-electron chi connectivity index (χ4n) is 2.36. The van der Waals surface area contributed by atoms with Gasteiger partial charge in [-0.1, -0.05) is 0 Å². The number of imide groups is 1. The van der Waals surface area contributed by atoms with Crippen molar-refractivity contribution in [3.63, 3.8) is 0 Å². The SMILES string of the molecule is Cc1cc(C)n(-c2ccc(C(=O)NN3CC(=O)NC3=O)cc2)n1. The van der Waals surface area contributed by atoms with Crippen LogP contribution < -0.4 is 10.7 Å². The maximum Gasteiger partial charge on any atom is 0.343 e. The number of aromatic nitrogens is 2. The van der Waals surface area contributed by atoms with Gasteiger partial charge in [0.05, 0.1) is 11.4 Å². The second kappa shape index (κ2) is 5.56. The largest absolute Gasteiger partial charge is 0.343 e. The summed E-state index contributed by atoms with van der Waals surface area (Å²) >= 11 is 0. The van der Waals surface area contributed by atoms with Gasteiger partial charge in [-0.3, -0.25) is 20.3 Å². The van der Waals surface area contributed by atoms with Crippen molar-refractivity contribution < 1.29 is 14.4 Å². The monoisotopic (exact) mass is 313 g/mol. The Hall–Kier alpha value is -3.16. The smallest absolute Gasteiger partial charge is 0.275 e. The molecular weight excluding hydrogens is 298 g/mol. The highest BCUT2D eigenvalue weighted by atomic mass is 16.2. The molecule has 1 saturated heterocycles. The third kappa shape index (κ3) is 2.91. The van der Waals surface area contributed by atoms with Gasteiger partial charge in [-0.05, 0) is 44.2 Å². The first-order chi connectivity index (χ1) is 10.9. The molecule has 2 aromatic rings. The van der Waals surface area contributed by atoms with E-state index < -0.39 is 17.8 Å². The van der Waals surface area contributed by atoms with Crippen molar-refractivity contribution >= 4 is 17.8 Å². The van der Waals surface area contributed by atoms with E-state index in [0.717, 1.165) is 22.1 Å². The number of carbonyl (C=O) groups is 3. The summed E-state index contributed by atoms with van der Waals surface area (Å²) in [5, 5.41) is 7.40. The first-order valence-corrected chi connectivity index (χ1v) is 7.00. The summed E-state index contributed by atoms with van der Waals surface area (Å²) in [4.78, 5) is 34.6. The number of benzene rings is 1. The van der Waals surface area contributed by atoms with E-state index in [1.54, 1.807) is 28.9 Å². The number of aryl methyl sites for hydroxylation is 2. The van der Waals surface area contributed by atoms with E-state index in [-0.39, 0.29) is 6.54 Å². The molecule has 2 N–H and O–H groups in total. The Morgan fingerprint density at radius 2 is 1.91 bits per heavy atom. The lowest BCUT2D eigenvalue weighted by molar-refractivity contribution is -0.118. The minimum Gasteiger partial charge on any atom is -0.275 e. The Bertz CT molecular complexity index is 794. The molecule has 0 bridgehead atoms. The maximum atomic E-state index is 12.1. The fraction of sp³-hybridized carbons (Fsp3) is 0.200. The number of hydrogen-bond donors (Lipinski definition) is 2. The summed E-state index contributed by atoms with van der Waals surface area (Å²) < 4.78 is 1.78. The standard InChI is InChI=1S/C15H15N5O3/c1-9-7-10(2)20(17-9)12-5-3-11(4-6-12)14(22)18-19-8-13(21)16-15(19)23/h3-7H,8H2,1-2H3,(H,18,22)(H,16,21,23). The van der Waals surface area contributed by atoms with E-state index in [0.29, 0.717) is 5.56 Å². The zero-order valence-corrected chi connectivity index (χ0v) is 12.7. The van der Waals surface area contributed by atoms with Crippen molar-refractivity contribution in [1.82, 2.24) is 25.5 Å². The summed E-state index contributed by atoms with van der Waals surface area (Å²) in [5.41, 5.74) is 5.50. The maximum absolute atomic E-state index is 12.1. The Kier molecular flexibility index (Phi) is 3.57. The molecule has 8 heteroatoms. The van der Waals surface area contributed by atoms with Gasteiger partial charge in [0.2, 0.25) is 5.91 Å². The molecule has 0 spiro atoms. The molecule has 3 rings (SSSR count). The van der Waals surface area contributed by atoms with Crippen LogP contribution in [0.2, 0.25) is 0 Å². The molecular formula is C15H15N5O3. The lowest BCUT2D eigenvalue weighted by atomic mass is 10.2. The number of urea groups is 1. The van der Waals surface area contributed by atoms with E-state index in [2.05, 4.69) is 15.8 Å². The highest BCUT2D eigenvalue weighted by Crippen LogP contribution is 2.13. The molecule has 1 aliphatic rings. The van der Waals surface area contributed by atoms with Crippen molar-refractivity contribution in [2.45, 2.75) is 13.8 Å². The molecule has 0 saturated carbocycles. The molecule has 0 radical (unpaired) electrons. The van der Waals surface area contributed by atoms with Gasteiger partial charge in [0.25, 0.3) is 5.91 Å². The molecule has 1 aliphatic heterocycles. The van der Waals surface area contributed by atoms with Gasteiger partial charge in [-0.15, -0.1) is 0 Å². The van der Waals surface area contributed by atoms with Crippen LogP contribution in [-0.4, -0.2) is 39.2 Å². The second-order valence-electron chi connectivity index (χ2n) is 5.27. The molecule has 4 amide bonds. The molecule has 1 fully saturated rings. The Balaban J connectivity index is 1.74. The molecule has 8 nitrogen and oxygen atoms in total. The van der Waals surface area contributed by atoms with Gasteiger partial charge < -0.3 is 0 Å². The number of amides is 4. The number of hydrazine groups is 1. The van der Waals surface area contributed by atoms with Gasteiger partial charge >= 0.3 is 6.03 Å². The first kappa shape index (κ1) is 14.8. The van der Waals surface area contributed by atoms with E-state index in [4.69, 9.17) is 0 Å². The van der Waals surface area contributed by atoms with Gasteiger partial charge in [-0.2, -0.15) is 5.10 Å². The third-order valence-corrected chi connectivity index (χ3v) is 3.41. The highest BCUT2D eigenvalue weighted by molar-refractivity contribution is 6.04. The molecule has 118 valence electrons. The topological polar surface area (TPSA) is 96.3 Å². The molecule has 2 heterocycles. The van der Waals surface area contributed by atoms with Crippen LogP contribution in [0.5, 0.6) is 0 Å². The van der Waals surface area contributed by atoms with Crippen LogP contribution in [-0.2, 0) is 4.79 Å². The Morgan fingerprint density at radius 1 is 1.22 bits per heavy atom. The van der Waals surface area contributed by atoms with Crippen LogP contribution >= 0.6 is 0 Å². The zero-order valence-electron chi connectivity index (χ0n) is 12.7. The molecule has 0 aliphatic carbocycles. The number of nitrogens with one attached hydrogen (secondary N) is 2. The number of hydrogen-bond acceptors (Lipinski definition) is 4. The van der Waals surface area contributed by atoms with Gasteiger partial charge in [0.1, 0.15) is 6.54 Å². The Labute approximate surface area is 132 Å². The van der Waals surface area contributed by atoms with E-state index >= 15 is 0 Å². The molecule has 0 unspecified atom stereocenters. The third-order valence-electron chi connectivity index (χ3n) is 3.41. The molecule has 23 heavy (non-hydrogen) atoms. The van der Waals surface area contributed by atoms with Crippen molar-refractivity contribution in [3.8, 4) is 5.69 Å². The van der Waals surface area contributed by atoms with E-state index in [1.807, 2.05) is 19.9 Å². The molecule has 1 aromatic heterocycles. The average Bonchev–Trinajstić information content (AvgIpc) is 3.00. The number of carbonyl (C=O) groups excluding carboxylic acids is 3. The van der Waals surface area contributed by atoms with Gasteiger partial charge in [0, 0.05) is 11.3 Å². The number of rotatable bonds is 3. The fourth-order valence-corrected chi connectivity index (χ4v) is 2.36. The predicted molar refractivity (Wildman–Crippen MR) is 80.7 cm³/mol. The van der Waals surface area contributed by atoms with Crippen LogP contribution in [0.25, 0.3) is 5.69 Å². The lowest BCUT2D eigenvalue weighted by Crippen LogP contribution is -2.44. The van der Waals surface area contributed by atoms with Gasteiger partial charge in [0.15, 0.2) is 0 Å². The predicted octanol–water partition coefficient (Wildman–Crippen LogP) is 0.686. The summed E-state index contributed by atoms with van der Waals surface area (Å²) in [6, 6.07) is 8.13. The molecule has 1 aromatic carbocycles. The highest BCUT2D eigenvalue weighted by Gasteiger charge is 2.28. The van der Waals surface area contributed by atoms with Crippen molar-refractivity contribution in [1.29, 1.82) is 0 Å². The quantitative estimate of drug-likeness (QED) is 0.815. The lowest BCUT2D eigenvalue weighted by Gasteiger charge is -2.14. The minimum absolute atomic E-state index is 0.186. The number of nitrogens with zero attached hydrogens (tertiary/aromatic N) is 3. The van der Waals surface area contributed by atoms with Gasteiger partial charge in [-0.25, -0.2) is 14.5 Å².